The summed E-state index contributed by atoms with van der Waals surface area (Å²) in [5.74, 6) is -1.40. The van der Waals surface area contributed by atoms with Gasteiger partial charge in [-0.15, -0.1) is 11.3 Å². The molecule has 31 heavy (non-hydrogen) atoms. The van der Waals surface area contributed by atoms with Crippen LogP contribution in [0.2, 0.25) is 0 Å². The maximum Gasteiger partial charge on any atom is 0.271 e. The standard InChI is InChI=1S/C21H15FN4O4S/c1-30-17-6-5-14(10-16(17)25-18(27)12-3-2-4-13(22)9-12)24-19(28)15-11-23-21-26(20(15)29)7-8-31-21/h2-11H,1H3,(H,24,28)(H,25,27). The van der Waals surface area contributed by atoms with Crippen molar-refractivity contribution in [3.8, 4) is 5.75 Å². The number of hydrogen-bond donors (Lipinski definition) is 2. The minimum atomic E-state index is -0.648. The van der Waals surface area contributed by atoms with Crippen LogP contribution in [0.15, 0.2) is 65.0 Å². The predicted octanol–water partition coefficient (Wildman–Crippen LogP) is 3.41. The van der Waals surface area contributed by atoms with Crippen molar-refractivity contribution in [2.45, 2.75) is 0 Å². The number of amides is 2. The number of fused-ring (bicyclic) bond motifs is 1. The van der Waals surface area contributed by atoms with Gasteiger partial charge in [-0.05, 0) is 36.4 Å². The average Bonchev–Trinajstić information content (AvgIpc) is 3.24. The molecule has 156 valence electrons. The molecule has 2 aromatic carbocycles. The highest BCUT2D eigenvalue weighted by molar-refractivity contribution is 7.15. The molecule has 2 aromatic heterocycles. The molecule has 0 aliphatic heterocycles. The summed E-state index contributed by atoms with van der Waals surface area (Å²) >= 11 is 1.28. The van der Waals surface area contributed by atoms with Gasteiger partial charge in [0.15, 0.2) is 4.96 Å². The molecule has 0 unspecified atom stereocenters. The SMILES string of the molecule is COc1ccc(NC(=O)c2cnc3sccn3c2=O)cc1NC(=O)c1cccc(F)c1. The topological polar surface area (TPSA) is 102 Å². The summed E-state index contributed by atoms with van der Waals surface area (Å²) in [4.78, 5) is 42.1. The van der Waals surface area contributed by atoms with E-state index in [9.17, 15) is 18.8 Å². The Bertz CT molecular complexity index is 1370. The summed E-state index contributed by atoms with van der Waals surface area (Å²) in [6.07, 6.45) is 2.76. The van der Waals surface area contributed by atoms with Crippen molar-refractivity contribution in [1.29, 1.82) is 0 Å². The second-order valence-corrected chi connectivity index (χ2v) is 7.24. The molecule has 0 aliphatic carbocycles. The van der Waals surface area contributed by atoms with Crippen molar-refractivity contribution in [3.05, 3.63) is 87.5 Å². The Morgan fingerprint density at radius 3 is 2.74 bits per heavy atom. The van der Waals surface area contributed by atoms with Crippen LogP contribution in [0.25, 0.3) is 4.96 Å². The molecule has 2 heterocycles. The maximum absolute atomic E-state index is 13.4. The maximum atomic E-state index is 13.4. The highest BCUT2D eigenvalue weighted by Crippen LogP contribution is 2.28. The normalized spacial score (nSPS) is 10.6. The molecule has 8 nitrogen and oxygen atoms in total. The van der Waals surface area contributed by atoms with Crippen LogP contribution < -0.4 is 20.9 Å². The smallest absolute Gasteiger partial charge is 0.271 e. The van der Waals surface area contributed by atoms with Crippen molar-refractivity contribution >= 4 is 39.5 Å². The van der Waals surface area contributed by atoms with Crippen LogP contribution in [0.4, 0.5) is 15.8 Å². The summed E-state index contributed by atoms with van der Waals surface area (Å²) in [6.45, 7) is 0. The fourth-order valence-corrected chi connectivity index (χ4v) is 3.56. The number of anilines is 2. The van der Waals surface area contributed by atoms with Gasteiger partial charge in [-0.25, -0.2) is 9.37 Å². The summed E-state index contributed by atoms with van der Waals surface area (Å²) in [5, 5.41) is 6.94. The molecule has 2 amide bonds. The molecule has 4 rings (SSSR count). The number of rotatable bonds is 5. The fraction of sp³-hybridized carbons (Fsp3) is 0.0476. The molecule has 0 radical (unpaired) electrons. The number of methoxy groups -OCH3 is 1. The van der Waals surface area contributed by atoms with E-state index in [0.29, 0.717) is 16.4 Å². The van der Waals surface area contributed by atoms with Gasteiger partial charge in [-0.2, -0.15) is 0 Å². The third-order valence-electron chi connectivity index (χ3n) is 4.38. The molecule has 4 aromatic rings. The molecular weight excluding hydrogens is 423 g/mol. The van der Waals surface area contributed by atoms with E-state index >= 15 is 0 Å². The van der Waals surface area contributed by atoms with E-state index in [2.05, 4.69) is 15.6 Å². The Hall–Kier alpha value is -4.05. The number of carbonyl (C=O) groups excluding carboxylic acids is 2. The number of halogens is 1. The number of thiazole rings is 1. The number of hydrogen-bond acceptors (Lipinski definition) is 6. The van der Waals surface area contributed by atoms with E-state index < -0.39 is 23.2 Å². The highest BCUT2D eigenvalue weighted by Gasteiger charge is 2.16. The van der Waals surface area contributed by atoms with Gasteiger partial charge in [-0.1, -0.05) is 6.07 Å². The number of nitrogens with one attached hydrogen (secondary N) is 2. The summed E-state index contributed by atoms with van der Waals surface area (Å²) in [6, 6.07) is 9.81. The van der Waals surface area contributed by atoms with Crippen molar-refractivity contribution in [2.24, 2.45) is 0 Å². The minimum absolute atomic E-state index is 0.125. The number of carbonyl (C=O) groups is 2. The predicted molar refractivity (Wildman–Crippen MR) is 115 cm³/mol. The third-order valence-corrected chi connectivity index (χ3v) is 5.15. The Labute approximate surface area is 178 Å². The Balaban J connectivity index is 1.59. The van der Waals surface area contributed by atoms with Gasteiger partial charge >= 0.3 is 0 Å². The van der Waals surface area contributed by atoms with Crippen LogP contribution in [0, 0.1) is 5.82 Å². The van der Waals surface area contributed by atoms with Crippen LogP contribution in [0.3, 0.4) is 0 Å². The number of benzene rings is 2. The van der Waals surface area contributed by atoms with Crippen LogP contribution in [-0.2, 0) is 0 Å². The minimum Gasteiger partial charge on any atom is -0.495 e. The third kappa shape index (κ3) is 4.14. The largest absolute Gasteiger partial charge is 0.495 e. The van der Waals surface area contributed by atoms with Gasteiger partial charge in [0.2, 0.25) is 0 Å². The van der Waals surface area contributed by atoms with Gasteiger partial charge in [0.1, 0.15) is 17.1 Å². The lowest BCUT2D eigenvalue weighted by Gasteiger charge is -2.13. The van der Waals surface area contributed by atoms with Gasteiger partial charge in [0.05, 0.1) is 12.8 Å². The first-order valence-corrected chi connectivity index (χ1v) is 9.85. The second kappa shape index (κ2) is 8.36. The highest BCUT2D eigenvalue weighted by atomic mass is 32.1. The van der Waals surface area contributed by atoms with Crippen LogP contribution in [0.5, 0.6) is 5.75 Å². The molecule has 0 fully saturated rings. The van der Waals surface area contributed by atoms with Crippen LogP contribution >= 0.6 is 11.3 Å². The first-order valence-electron chi connectivity index (χ1n) is 8.97. The zero-order valence-electron chi connectivity index (χ0n) is 16.1. The molecule has 0 atom stereocenters. The Morgan fingerprint density at radius 2 is 1.97 bits per heavy atom. The van der Waals surface area contributed by atoms with E-state index in [1.807, 2.05) is 0 Å². The molecule has 0 saturated carbocycles. The summed E-state index contributed by atoms with van der Waals surface area (Å²) in [5.41, 5.74) is 0.0847. The van der Waals surface area contributed by atoms with Crippen molar-refractivity contribution in [2.75, 3.05) is 17.7 Å². The fourth-order valence-electron chi connectivity index (χ4n) is 2.89. The van der Waals surface area contributed by atoms with Gasteiger partial charge in [0.25, 0.3) is 17.4 Å². The lowest BCUT2D eigenvalue weighted by molar-refractivity contribution is 0.101. The lowest BCUT2D eigenvalue weighted by atomic mass is 10.2. The first-order chi connectivity index (χ1) is 15.0. The van der Waals surface area contributed by atoms with E-state index in [-0.39, 0.29) is 16.8 Å². The first kappa shape index (κ1) is 20.2. The van der Waals surface area contributed by atoms with E-state index in [4.69, 9.17) is 4.74 Å². The second-order valence-electron chi connectivity index (χ2n) is 6.37. The van der Waals surface area contributed by atoms with Crippen LogP contribution in [-0.4, -0.2) is 28.3 Å². The molecule has 0 aliphatic rings. The number of ether oxygens (including phenoxy) is 1. The van der Waals surface area contributed by atoms with Gasteiger partial charge in [-0.3, -0.25) is 18.8 Å². The zero-order chi connectivity index (χ0) is 22.0. The van der Waals surface area contributed by atoms with Crippen LogP contribution in [0.1, 0.15) is 20.7 Å². The summed E-state index contributed by atoms with van der Waals surface area (Å²) < 4.78 is 19.9. The molecule has 0 spiro atoms. The quantitative estimate of drug-likeness (QED) is 0.497. The monoisotopic (exact) mass is 438 g/mol. The molecule has 0 bridgehead atoms. The molecular formula is C21H15FN4O4S. The zero-order valence-corrected chi connectivity index (χ0v) is 16.9. The molecule has 10 heteroatoms. The van der Waals surface area contributed by atoms with Gasteiger partial charge in [0, 0.05) is 29.0 Å². The number of aromatic nitrogens is 2. The molecule has 0 saturated heterocycles. The van der Waals surface area contributed by atoms with E-state index in [1.165, 1.54) is 53.3 Å². The van der Waals surface area contributed by atoms with E-state index in [1.54, 1.807) is 23.7 Å². The summed E-state index contributed by atoms with van der Waals surface area (Å²) in [7, 11) is 1.42. The van der Waals surface area contributed by atoms with Crippen molar-refractivity contribution in [1.82, 2.24) is 9.38 Å². The van der Waals surface area contributed by atoms with Gasteiger partial charge < -0.3 is 15.4 Å². The van der Waals surface area contributed by atoms with Crippen molar-refractivity contribution < 1.29 is 18.7 Å². The lowest BCUT2D eigenvalue weighted by Crippen LogP contribution is -2.25. The molecule has 2 N–H and O–H groups in total. The Kier molecular flexibility index (Phi) is 5.46. The number of nitrogens with zero attached hydrogens (tertiary/aromatic N) is 2. The Morgan fingerprint density at radius 1 is 1.13 bits per heavy atom. The van der Waals surface area contributed by atoms with E-state index in [0.717, 1.165) is 6.07 Å². The van der Waals surface area contributed by atoms with Crippen molar-refractivity contribution in [3.63, 3.8) is 0 Å². The average molecular weight is 438 g/mol.